The molecule has 0 N–H and O–H groups in total. The lowest BCUT2D eigenvalue weighted by atomic mass is 10.0. The normalized spacial score (nSPS) is 21.4. The van der Waals surface area contributed by atoms with E-state index in [2.05, 4.69) is 0 Å². The van der Waals surface area contributed by atoms with Crippen molar-refractivity contribution >= 4 is 6.08 Å². The maximum absolute atomic E-state index is 11.8. The second-order valence-electron chi connectivity index (χ2n) is 6.27. The molecule has 0 aliphatic heterocycles. The zero-order valence-electron chi connectivity index (χ0n) is 14.8. The number of benzene rings is 2. The Kier molecular flexibility index (Phi) is 4.81. The Morgan fingerprint density at radius 3 is 1.96 bits per heavy atom. The van der Waals surface area contributed by atoms with Crippen molar-refractivity contribution in [2.75, 3.05) is 14.2 Å². The first-order valence-corrected chi connectivity index (χ1v) is 8.21. The van der Waals surface area contributed by atoms with Crippen LogP contribution in [0.5, 0.6) is 11.5 Å². The van der Waals surface area contributed by atoms with E-state index in [1.54, 1.807) is 48.5 Å². The number of methoxy groups -OCH3 is 2. The third kappa shape index (κ3) is 3.33. The summed E-state index contributed by atoms with van der Waals surface area (Å²) in [6, 6.07) is 13.3. The van der Waals surface area contributed by atoms with Crippen LogP contribution in [0.25, 0.3) is 6.08 Å². The summed E-state index contributed by atoms with van der Waals surface area (Å²) in [5.74, 6) is 0.656. The van der Waals surface area contributed by atoms with Gasteiger partial charge in [0.05, 0.1) is 25.1 Å². The molecule has 2 aromatic carbocycles. The molecule has 2 aromatic rings. The molecule has 0 radical (unpaired) electrons. The number of nitro groups is 2. The van der Waals surface area contributed by atoms with Crippen molar-refractivity contribution in [2.45, 2.75) is 17.9 Å². The van der Waals surface area contributed by atoms with Gasteiger partial charge in [-0.05, 0) is 35.4 Å². The lowest BCUT2D eigenvalue weighted by Gasteiger charge is -2.08. The Morgan fingerprint density at radius 2 is 1.52 bits per heavy atom. The van der Waals surface area contributed by atoms with Gasteiger partial charge in [-0.2, -0.15) is 0 Å². The van der Waals surface area contributed by atoms with Crippen molar-refractivity contribution < 1.29 is 19.3 Å². The second kappa shape index (κ2) is 7.06. The molecule has 0 saturated heterocycles. The van der Waals surface area contributed by atoms with Gasteiger partial charge in [0.2, 0.25) is 0 Å². The molecule has 2 unspecified atom stereocenters. The number of hydrogen-bond acceptors (Lipinski definition) is 6. The van der Waals surface area contributed by atoms with Crippen LogP contribution in [0.4, 0.5) is 0 Å². The molecule has 3 rings (SSSR count). The van der Waals surface area contributed by atoms with Crippen molar-refractivity contribution in [2.24, 2.45) is 0 Å². The summed E-state index contributed by atoms with van der Waals surface area (Å²) in [4.78, 5) is 22.3. The van der Waals surface area contributed by atoms with Crippen LogP contribution < -0.4 is 9.47 Å². The highest BCUT2D eigenvalue weighted by atomic mass is 16.6. The molecular weight excluding hydrogens is 352 g/mol. The van der Waals surface area contributed by atoms with Gasteiger partial charge in [0.25, 0.3) is 0 Å². The zero-order chi connectivity index (χ0) is 19.6. The first-order valence-electron chi connectivity index (χ1n) is 8.21. The predicted molar refractivity (Wildman–Crippen MR) is 98.0 cm³/mol. The van der Waals surface area contributed by atoms with E-state index in [4.69, 9.17) is 9.47 Å². The van der Waals surface area contributed by atoms with Crippen LogP contribution in [0.1, 0.15) is 23.5 Å². The Labute approximate surface area is 155 Å². The van der Waals surface area contributed by atoms with Crippen LogP contribution in [0, 0.1) is 20.2 Å². The summed E-state index contributed by atoms with van der Waals surface area (Å²) < 4.78 is 10.1. The molecule has 0 spiro atoms. The summed E-state index contributed by atoms with van der Waals surface area (Å²) in [7, 11) is 3.04. The second-order valence-corrected chi connectivity index (χ2v) is 6.27. The molecule has 8 nitrogen and oxygen atoms in total. The third-order valence-electron chi connectivity index (χ3n) is 4.84. The Balaban J connectivity index is 1.99. The Hall–Kier alpha value is -3.42. The van der Waals surface area contributed by atoms with E-state index in [1.807, 2.05) is 0 Å². The molecular formula is C19H18N2O6. The van der Waals surface area contributed by atoms with E-state index >= 15 is 0 Å². The molecule has 1 saturated carbocycles. The van der Waals surface area contributed by atoms with Crippen LogP contribution in [0.2, 0.25) is 0 Å². The fourth-order valence-corrected chi connectivity index (χ4v) is 3.25. The molecule has 140 valence electrons. The molecule has 1 aliphatic carbocycles. The van der Waals surface area contributed by atoms with Crippen molar-refractivity contribution in [3.63, 3.8) is 0 Å². The number of rotatable bonds is 7. The van der Waals surface area contributed by atoms with Gasteiger partial charge in [-0.1, -0.05) is 24.3 Å². The zero-order valence-corrected chi connectivity index (χ0v) is 14.8. The third-order valence-corrected chi connectivity index (χ3v) is 4.84. The molecule has 0 heterocycles. The van der Waals surface area contributed by atoms with Gasteiger partial charge in [-0.15, -0.1) is 0 Å². The monoisotopic (exact) mass is 370 g/mol. The van der Waals surface area contributed by atoms with Gasteiger partial charge >= 0.3 is 11.2 Å². The minimum atomic E-state index is -1.74. The first-order chi connectivity index (χ1) is 12.9. The van der Waals surface area contributed by atoms with Crippen molar-refractivity contribution in [3.8, 4) is 11.5 Å². The Morgan fingerprint density at radius 1 is 1.00 bits per heavy atom. The van der Waals surface area contributed by atoms with Gasteiger partial charge in [0.1, 0.15) is 11.5 Å². The topological polar surface area (TPSA) is 105 Å². The molecule has 2 atom stereocenters. The summed E-state index contributed by atoms with van der Waals surface area (Å²) in [5, 5.41) is 23.5. The molecule has 0 amide bonds. The van der Waals surface area contributed by atoms with Gasteiger partial charge in [0, 0.05) is 17.4 Å². The largest absolute Gasteiger partial charge is 0.497 e. The van der Waals surface area contributed by atoms with E-state index in [9.17, 15) is 20.2 Å². The Bertz CT molecular complexity index is 891. The fraction of sp³-hybridized carbons (Fsp3) is 0.263. The van der Waals surface area contributed by atoms with Crippen LogP contribution in [-0.2, 0) is 0 Å². The summed E-state index contributed by atoms with van der Waals surface area (Å²) >= 11 is 0. The van der Waals surface area contributed by atoms with Gasteiger partial charge in [0.15, 0.2) is 0 Å². The summed E-state index contributed by atoms with van der Waals surface area (Å²) in [5.41, 5.74) is -0.976. The van der Waals surface area contributed by atoms with E-state index in [0.717, 1.165) is 0 Å². The molecule has 27 heavy (non-hydrogen) atoms. The first kappa shape index (κ1) is 18.4. The number of nitrogens with zero attached hydrogens (tertiary/aromatic N) is 2. The maximum atomic E-state index is 11.8. The average molecular weight is 370 g/mol. The van der Waals surface area contributed by atoms with Crippen molar-refractivity contribution in [1.29, 1.82) is 0 Å². The SMILES string of the molecule is COc1ccc(/C=C(/[N+](=O)[O-])C2([N+](=O)[O-])CC2c2ccc(OC)cc2)cc1. The number of ether oxygens (including phenoxy) is 2. The van der Waals surface area contributed by atoms with Gasteiger partial charge in [-0.25, -0.2) is 0 Å². The lowest BCUT2D eigenvalue weighted by Crippen LogP contribution is -2.30. The van der Waals surface area contributed by atoms with Gasteiger partial charge < -0.3 is 9.47 Å². The van der Waals surface area contributed by atoms with Crippen LogP contribution in [-0.4, -0.2) is 29.6 Å². The molecule has 8 heteroatoms. The standard InChI is InChI=1S/C19H18N2O6/c1-26-15-7-3-13(4-8-15)11-18(20(22)23)19(21(24)25)12-17(19)14-5-9-16(27-2)10-6-14/h3-11,17H,12H2,1-2H3/b18-11+. The minimum absolute atomic E-state index is 0.0787. The number of hydrogen-bond donors (Lipinski definition) is 0. The van der Waals surface area contributed by atoms with Crippen LogP contribution in [0.15, 0.2) is 54.2 Å². The lowest BCUT2D eigenvalue weighted by molar-refractivity contribution is -0.569. The molecule has 0 aromatic heterocycles. The maximum Gasteiger partial charge on any atom is 0.323 e. The summed E-state index contributed by atoms with van der Waals surface area (Å²) in [6.45, 7) is 0. The highest BCUT2D eigenvalue weighted by Crippen LogP contribution is 2.58. The van der Waals surface area contributed by atoms with E-state index in [0.29, 0.717) is 22.6 Å². The average Bonchev–Trinajstić information content (AvgIpc) is 3.43. The highest BCUT2D eigenvalue weighted by Gasteiger charge is 2.74. The van der Waals surface area contributed by atoms with E-state index < -0.39 is 27.0 Å². The fourth-order valence-electron chi connectivity index (χ4n) is 3.25. The van der Waals surface area contributed by atoms with Crippen molar-refractivity contribution in [3.05, 3.63) is 85.6 Å². The molecule has 0 bridgehead atoms. The van der Waals surface area contributed by atoms with E-state index in [1.165, 1.54) is 20.3 Å². The molecule has 1 fully saturated rings. The predicted octanol–water partition coefficient (Wildman–Crippen LogP) is 3.52. The molecule has 1 aliphatic rings. The van der Waals surface area contributed by atoms with Crippen LogP contribution in [0.3, 0.4) is 0 Å². The highest BCUT2D eigenvalue weighted by molar-refractivity contribution is 5.57. The quantitative estimate of drug-likeness (QED) is 0.545. The smallest absolute Gasteiger partial charge is 0.323 e. The van der Waals surface area contributed by atoms with Crippen LogP contribution >= 0.6 is 0 Å². The van der Waals surface area contributed by atoms with E-state index in [-0.39, 0.29) is 6.42 Å². The minimum Gasteiger partial charge on any atom is -0.497 e. The summed E-state index contributed by atoms with van der Waals surface area (Å²) in [6.07, 6.45) is 1.35. The van der Waals surface area contributed by atoms with Crippen molar-refractivity contribution in [1.82, 2.24) is 0 Å². The van der Waals surface area contributed by atoms with Gasteiger partial charge in [-0.3, -0.25) is 20.2 Å².